The lowest BCUT2D eigenvalue weighted by Crippen LogP contribution is -2.49. The predicted octanol–water partition coefficient (Wildman–Crippen LogP) is -0.735. The van der Waals surface area contributed by atoms with Crippen LogP contribution < -0.4 is 5.32 Å². The molecule has 98 valence electrons. The van der Waals surface area contributed by atoms with Crippen molar-refractivity contribution in [3.63, 3.8) is 0 Å². The maximum absolute atomic E-state index is 11.9. The van der Waals surface area contributed by atoms with E-state index in [2.05, 4.69) is 10.2 Å². The van der Waals surface area contributed by atoms with Crippen molar-refractivity contribution in [3.05, 3.63) is 0 Å². The Labute approximate surface area is 103 Å². The summed E-state index contributed by atoms with van der Waals surface area (Å²) in [5.74, 6) is 0.266. The molecular weight excluding hydrogens is 218 g/mol. The summed E-state index contributed by atoms with van der Waals surface area (Å²) >= 11 is 0. The molecule has 0 aromatic rings. The van der Waals surface area contributed by atoms with Crippen LogP contribution in [0.5, 0.6) is 0 Å². The van der Waals surface area contributed by atoms with Gasteiger partial charge in [-0.1, -0.05) is 0 Å². The van der Waals surface area contributed by atoms with Gasteiger partial charge in [0.2, 0.25) is 5.91 Å². The van der Waals surface area contributed by atoms with Gasteiger partial charge in [0.15, 0.2) is 0 Å². The Kier molecular flexibility index (Phi) is 4.76. The molecule has 2 fully saturated rings. The van der Waals surface area contributed by atoms with E-state index in [9.17, 15) is 4.79 Å². The highest BCUT2D eigenvalue weighted by atomic mass is 16.3. The van der Waals surface area contributed by atoms with Crippen molar-refractivity contribution < 1.29 is 9.90 Å². The highest BCUT2D eigenvalue weighted by Gasteiger charge is 2.22. The molecule has 0 bridgehead atoms. The van der Waals surface area contributed by atoms with Gasteiger partial charge in [0.05, 0.1) is 6.61 Å². The van der Waals surface area contributed by atoms with E-state index >= 15 is 0 Å². The molecule has 0 aromatic heterocycles. The Bertz CT molecular complexity index is 248. The van der Waals surface area contributed by atoms with Crippen LogP contribution in [0.4, 0.5) is 0 Å². The summed E-state index contributed by atoms with van der Waals surface area (Å²) in [4.78, 5) is 16.0. The zero-order chi connectivity index (χ0) is 12.1. The summed E-state index contributed by atoms with van der Waals surface area (Å²) < 4.78 is 0. The van der Waals surface area contributed by atoms with E-state index in [0.717, 1.165) is 39.3 Å². The topological polar surface area (TPSA) is 55.8 Å². The molecule has 1 heterocycles. The lowest BCUT2D eigenvalue weighted by molar-refractivity contribution is -0.132. The van der Waals surface area contributed by atoms with Crippen molar-refractivity contribution in [2.75, 3.05) is 45.9 Å². The molecule has 0 aromatic carbocycles. The number of nitrogens with one attached hydrogen (secondary N) is 1. The van der Waals surface area contributed by atoms with Crippen LogP contribution in [-0.2, 0) is 4.79 Å². The number of aliphatic hydroxyl groups excluding tert-OH is 1. The molecular formula is C12H23N3O2. The van der Waals surface area contributed by atoms with Crippen molar-refractivity contribution >= 4 is 5.91 Å². The van der Waals surface area contributed by atoms with E-state index in [4.69, 9.17) is 5.11 Å². The third-order valence-electron chi connectivity index (χ3n) is 3.49. The minimum absolute atomic E-state index is 0.208. The molecule has 0 radical (unpaired) electrons. The Morgan fingerprint density at radius 3 is 2.53 bits per heavy atom. The molecule has 0 atom stereocenters. The van der Waals surface area contributed by atoms with Gasteiger partial charge in [-0.25, -0.2) is 0 Å². The smallest absolute Gasteiger partial charge is 0.223 e. The third kappa shape index (κ3) is 4.26. The zero-order valence-corrected chi connectivity index (χ0v) is 10.4. The van der Waals surface area contributed by atoms with E-state index in [0.29, 0.717) is 12.5 Å². The number of rotatable bonds is 6. The van der Waals surface area contributed by atoms with Crippen LogP contribution in [0.1, 0.15) is 19.3 Å². The van der Waals surface area contributed by atoms with Gasteiger partial charge in [-0.15, -0.1) is 0 Å². The number of aliphatic hydroxyl groups is 1. The monoisotopic (exact) mass is 241 g/mol. The van der Waals surface area contributed by atoms with Gasteiger partial charge in [0, 0.05) is 51.7 Å². The second kappa shape index (κ2) is 6.33. The minimum Gasteiger partial charge on any atom is -0.395 e. The van der Waals surface area contributed by atoms with Gasteiger partial charge < -0.3 is 15.3 Å². The molecule has 1 saturated heterocycles. The summed E-state index contributed by atoms with van der Waals surface area (Å²) in [5, 5.41) is 12.2. The molecule has 0 spiro atoms. The fourth-order valence-corrected chi connectivity index (χ4v) is 2.19. The number of carbonyl (C=O) groups is 1. The number of carbonyl (C=O) groups excluding carboxylic acids is 1. The minimum atomic E-state index is 0.208. The average molecular weight is 241 g/mol. The van der Waals surface area contributed by atoms with Crippen molar-refractivity contribution in [1.29, 1.82) is 0 Å². The molecule has 2 rings (SSSR count). The van der Waals surface area contributed by atoms with Crippen LogP contribution in [0, 0.1) is 0 Å². The van der Waals surface area contributed by atoms with E-state index in [1.54, 1.807) is 0 Å². The number of hydrogen-bond donors (Lipinski definition) is 2. The van der Waals surface area contributed by atoms with Gasteiger partial charge in [-0.3, -0.25) is 9.69 Å². The van der Waals surface area contributed by atoms with Crippen LogP contribution in [0.2, 0.25) is 0 Å². The Hall–Kier alpha value is -0.650. The average Bonchev–Trinajstić information content (AvgIpc) is 3.14. The maximum atomic E-state index is 11.9. The lowest BCUT2D eigenvalue weighted by atomic mass is 10.2. The van der Waals surface area contributed by atoms with Crippen LogP contribution >= 0.6 is 0 Å². The first-order valence-electron chi connectivity index (χ1n) is 6.64. The van der Waals surface area contributed by atoms with Crippen molar-refractivity contribution in [2.45, 2.75) is 25.3 Å². The molecule has 1 aliphatic carbocycles. The number of hydrogen-bond acceptors (Lipinski definition) is 4. The number of β-amino-alcohol motifs (C(OH)–C–C–N with tert-alkyl or cyclic N) is 1. The van der Waals surface area contributed by atoms with Crippen molar-refractivity contribution in [3.8, 4) is 0 Å². The van der Waals surface area contributed by atoms with Gasteiger partial charge in [-0.05, 0) is 12.8 Å². The quantitative estimate of drug-likeness (QED) is 0.643. The molecule has 5 heteroatoms. The molecule has 2 N–H and O–H groups in total. The summed E-state index contributed by atoms with van der Waals surface area (Å²) in [6, 6.07) is 0.684. The largest absolute Gasteiger partial charge is 0.395 e. The predicted molar refractivity (Wildman–Crippen MR) is 65.7 cm³/mol. The second-order valence-electron chi connectivity index (χ2n) is 4.92. The van der Waals surface area contributed by atoms with Gasteiger partial charge in [-0.2, -0.15) is 0 Å². The second-order valence-corrected chi connectivity index (χ2v) is 4.92. The van der Waals surface area contributed by atoms with E-state index in [-0.39, 0.29) is 12.5 Å². The molecule has 1 amide bonds. The maximum Gasteiger partial charge on any atom is 0.223 e. The van der Waals surface area contributed by atoms with Gasteiger partial charge >= 0.3 is 0 Å². The van der Waals surface area contributed by atoms with Crippen LogP contribution in [0.3, 0.4) is 0 Å². The normalized spacial score (nSPS) is 21.8. The summed E-state index contributed by atoms with van der Waals surface area (Å²) in [6.07, 6.45) is 3.17. The molecule has 1 aliphatic heterocycles. The SMILES string of the molecule is O=C(CCNC1CC1)N1CCN(CCO)CC1. The highest BCUT2D eigenvalue weighted by molar-refractivity contribution is 5.76. The first kappa shape index (κ1) is 12.8. The van der Waals surface area contributed by atoms with Crippen molar-refractivity contribution in [2.24, 2.45) is 0 Å². The molecule has 17 heavy (non-hydrogen) atoms. The highest BCUT2D eigenvalue weighted by Crippen LogP contribution is 2.18. The standard InChI is InChI=1S/C12H23N3O2/c16-10-9-14-5-7-15(8-6-14)12(17)3-4-13-11-1-2-11/h11,13,16H,1-10H2. The first-order chi connectivity index (χ1) is 8.29. The van der Waals surface area contributed by atoms with Gasteiger partial charge in [0.25, 0.3) is 0 Å². The number of nitrogens with zero attached hydrogens (tertiary/aromatic N) is 2. The Morgan fingerprint density at radius 1 is 1.24 bits per heavy atom. The molecule has 0 unspecified atom stereocenters. The number of piperazine rings is 1. The summed E-state index contributed by atoms with van der Waals surface area (Å²) in [5.41, 5.74) is 0. The van der Waals surface area contributed by atoms with E-state index in [1.165, 1.54) is 12.8 Å². The summed E-state index contributed by atoms with van der Waals surface area (Å²) in [7, 11) is 0. The molecule has 1 saturated carbocycles. The molecule has 2 aliphatic rings. The van der Waals surface area contributed by atoms with Crippen LogP contribution in [0.15, 0.2) is 0 Å². The fourth-order valence-electron chi connectivity index (χ4n) is 2.19. The van der Waals surface area contributed by atoms with Gasteiger partial charge in [0.1, 0.15) is 0 Å². The van der Waals surface area contributed by atoms with Crippen LogP contribution in [0.25, 0.3) is 0 Å². The van der Waals surface area contributed by atoms with Crippen molar-refractivity contribution in [1.82, 2.24) is 15.1 Å². The van der Waals surface area contributed by atoms with Crippen LogP contribution in [-0.4, -0.2) is 72.7 Å². The van der Waals surface area contributed by atoms with E-state index in [1.807, 2.05) is 4.90 Å². The zero-order valence-electron chi connectivity index (χ0n) is 10.4. The fraction of sp³-hybridized carbons (Fsp3) is 0.917. The lowest BCUT2D eigenvalue weighted by Gasteiger charge is -2.34. The van der Waals surface area contributed by atoms with E-state index < -0.39 is 0 Å². The Balaban J connectivity index is 1.59. The first-order valence-corrected chi connectivity index (χ1v) is 6.64. The molecule has 5 nitrogen and oxygen atoms in total. The Morgan fingerprint density at radius 2 is 1.94 bits per heavy atom. The number of amides is 1. The summed E-state index contributed by atoms with van der Waals surface area (Å²) in [6.45, 7) is 5.15. The third-order valence-corrected chi connectivity index (χ3v) is 3.49.